The Morgan fingerprint density at radius 2 is 1.89 bits per heavy atom. The van der Waals surface area contributed by atoms with E-state index in [-0.39, 0.29) is 30.1 Å². The highest BCUT2D eigenvalue weighted by atomic mass is 16.6. The summed E-state index contributed by atoms with van der Waals surface area (Å²) in [5.74, 6) is -2.36. The molecule has 0 bridgehead atoms. The van der Waals surface area contributed by atoms with Crippen molar-refractivity contribution in [1.29, 1.82) is 0 Å². The highest BCUT2D eigenvalue weighted by molar-refractivity contribution is 5.82. The number of fused-ring (bicyclic) bond motifs is 4. The maximum Gasteiger partial charge on any atom is 0.345 e. The summed E-state index contributed by atoms with van der Waals surface area (Å²) < 4.78 is 29.9. The van der Waals surface area contributed by atoms with Gasteiger partial charge < -0.3 is 28.5 Å². The molecule has 0 saturated heterocycles. The van der Waals surface area contributed by atoms with E-state index in [2.05, 4.69) is 4.98 Å². The van der Waals surface area contributed by atoms with Gasteiger partial charge in [0.05, 0.1) is 6.10 Å². The van der Waals surface area contributed by atoms with Gasteiger partial charge in [-0.25, -0.2) is 9.59 Å². The molecule has 45 heavy (non-hydrogen) atoms. The molecule has 2 aliphatic carbocycles. The normalized spacial score (nSPS) is 33.6. The number of pyridine rings is 1. The molecule has 5 rings (SSSR count). The zero-order chi connectivity index (χ0) is 32.7. The van der Waals surface area contributed by atoms with Crippen LogP contribution in [0.1, 0.15) is 78.9 Å². The van der Waals surface area contributed by atoms with E-state index in [1.54, 1.807) is 43.6 Å². The first-order valence-electron chi connectivity index (χ1n) is 15.4. The van der Waals surface area contributed by atoms with Gasteiger partial charge in [0.25, 0.3) is 0 Å². The molecule has 242 valence electrons. The van der Waals surface area contributed by atoms with Crippen LogP contribution in [0.2, 0.25) is 0 Å². The lowest BCUT2D eigenvalue weighted by atomic mass is 9.42. The molecule has 0 unspecified atom stereocenters. The molecule has 8 atom stereocenters. The van der Waals surface area contributed by atoms with Gasteiger partial charge in [0.1, 0.15) is 41.5 Å². The Morgan fingerprint density at radius 1 is 1.13 bits per heavy atom. The summed E-state index contributed by atoms with van der Waals surface area (Å²) in [7, 11) is 0. The maximum absolute atomic E-state index is 13.5. The van der Waals surface area contributed by atoms with Crippen LogP contribution in [0.4, 0.5) is 0 Å². The molecule has 11 nitrogen and oxygen atoms in total. The van der Waals surface area contributed by atoms with E-state index in [4.69, 9.17) is 23.4 Å². The van der Waals surface area contributed by atoms with Crippen molar-refractivity contribution in [2.24, 2.45) is 22.7 Å². The second-order valence-corrected chi connectivity index (χ2v) is 13.1. The van der Waals surface area contributed by atoms with Crippen LogP contribution >= 0.6 is 0 Å². The van der Waals surface area contributed by atoms with Crippen molar-refractivity contribution >= 4 is 17.9 Å². The Balaban J connectivity index is 1.67. The third-order valence-corrected chi connectivity index (χ3v) is 10.2. The van der Waals surface area contributed by atoms with Crippen molar-refractivity contribution in [3.8, 4) is 17.1 Å². The molecular formula is C34H41NO10. The summed E-state index contributed by atoms with van der Waals surface area (Å²) in [6, 6.07) is 5.01. The van der Waals surface area contributed by atoms with Crippen molar-refractivity contribution in [3.05, 3.63) is 58.7 Å². The Morgan fingerprint density at radius 3 is 2.53 bits per heavy atom. The lowest BCUT2D eigenvalue weighted by Gasteiger charge is -2.66. The fraction of sp³-hybridized carbons (Fsp3) is 0.559. The van der Waals surface area contributed by atoms with Gasteiger partial charge in [-0.3, -0.25) is 14.6 Å². The van der Waals surface area contributed by atoms with Gasteiger partial charge in [0.15, 0.2) is 0 Å². The predicted molar refractivity (Wildman–Crippen MR) is 161 cm³/mol. The largest absolute Gasteiger partial charge is 0.482 e. The van der Waals surface area contributed by atoms with Gasteiger partial charge in [0.2, 0.25) is 0 Å². The van der Waals surface area contributed by atoms with Crippen molar-refractivity contribution in [3.63, 3.8) is 0 Å². The molecule has 2 fully saturated rings. The fourth-order valence-electron chi connectivity index (χ4n) is 8.23. The lowest BCUT2D eigenvalue weighted by molar-refractivity contribution is -0.270. The highest BCUT2D eigenvalue weighted by Crippen LogP contribution is 2.67. The van der Waals surface area contributed by atoms with E-state index in [0.29, 0.717) is 24.8 Å². The Hall–Kier alpha value is -3.99. The maximum atomic E-state index is 13.5. The van der Waals surface area contributed by atoms with Gasteiger partial charge in [-0.05, 0) is 56.1 Å². The third-order valence-electron chi connectivity index (χ3n) is 10.2. The van der Waals surface area contributed by atoms with Gasteiger partial charge in [-0.15, -0.1) is 0 Å². The molecule has 2 aromatic rings. The molecule has 3 heterocycles. The number of hydrogen-bond acceptors (Lipinski definition) is 11. The van der Waals surface area contributed by atoms with E-state index < -0.39 is 70.1 Å². The monoisotopic (exact) mass is 623 g/mol. The zero-order valence-corrected chi connectivity index (χ0v) is 26.5. The molecular weight excluding hydrogens is 582 g/mol. The first kappa shape index (κ1) is 32.4. The summed E-state index contributed by atoms with van der Waals surface area (Å²) in [6.07, 6.45) is 5.09. The number of nitrogens with zero attached hydrogens (tertiary/aromatic N) is 1. The number of aromatic nitrogens is 1. The third kappa shape index (κ3) is 5.67. The molecule has 3 aliphatic rings. The minimum Gasteiger partial charge on any atom is -0.482 e. The Labute approximate surface area is 261 Å². The summed E-state index contributed by atoms with van der Waals surface area (Å²) in [5, 5.41) is 12.2. The summed E-state index contributed by atoms with van der Waals surface area (Å²) in [4.78, 5) is 55.0. The lowest BCUT2D eigenvalue weighted by Crippen LogP contribution is -2.71. The Bertz CT molecular complexity index is 1550. The number of esters is 3. The van der Waals surface area contributed by atoms with E-state index >= 15 is 0 Å². The number of aliphatic hydroxyl groups excluding tert-OH is 1. The van der Waals surface area contributed by atoms with Crippen LogP contribution in [0.15, 0.2) is 52.0 Å². The quantitative estimate of drug-likeness (QED) is 0.260. The number of ether oxygens (including phenoxy) is 4. The van der Waals surface area contributed by atoms with Crippen molar-refractivity contribution in [1.82, 2.24) is 4.98 Å². The van der Waals surface area contributed by atoms with E-state index in [1.807, 2.05) is 20.8 Å². The zero-order valence-electron chi connectivity index (χ0n) is 26.5. The van der Waals surface area contributed by atoms with Gasteiger partial charge in [-0.1, -0.05) is 26.8 Å². The molecule has 1 aliphatic heterocycles. The minimum atomic E-state index is -1.36. The average molecular weight is 624 g/mol. The van der Waals surface area contributed by atoms with Crippen molar-refractivity contribution < 1.29 is 42.9 Å². The second-order valence-electron chi connectivity index (χ2n) is 13.1. The van der Waals surface area contributed by atoms with Gasteiger partial charge in [-0.2, -0.15) is 0 Å². The van der Waals surface area contributed by atoms with Crippen molar-refractivity contribution in [2.45, 2.75) is 91.1 Å². The number of allylic oxidation sites excluding steroid dienone is 1. The predicted octanol–water partition coefficient (Wildman–Crippen LogP) is 4.70. The number of carbonyl (C=O) groups is 3. The Kier molecular flexibility index (Phi) is 8.70. The first-order valence-corrected chi connectivity index (χ1v) is 15.4. The molecule has 11 heteroatoms. The first-order chi connectivity index (χ1) is 21.2. The number of hydrogen-bond donors (Lipinski definition) is 1. The van der Waals surface area contributed by atoms with Crippen LogP contribution in [0.25, 0.3) is 11.3 Å². The van der Waals surface area contributed by atoms with Crippen LogP contribution in [0.3, 0.4) is 0 Å². The summed E-state index contributed by atoms with van der Waals surface area (Å²) >= 11 is 0. The average Bonchev–Trinajstić information content (AvgIpc) is 2.97. The summed E-state index contributed by atoms with van der Waals surface area (Å²) in [6.45, 7) is 10.2. The van der Waals surface area contributed by atoms with Crippen LogP contribution in [-0.2, 0) is 28.6 Å². The fourth-order valence-corrected chi connectivity index (χ4v) is 8.23. The van der Waals surface area contributed by atoms with E-state index in [9.17, 15) is 24.3 Å². The van der Waals surface area contributed by atoms with Crippen LogP contribution in [0, 0.1) is 22.7 Å². The van der Waals surface area contributed by atoms with Crippen molar-refractivity contribution in [2.75, 3.05) is 6.61 Å². The molecule has 0 radical (unpaired) electrons. The highest BCUT2D eigenvalue weighted by Gasteiger charge is 2.70. The molecule has 0 spiro atoms. The van der Waals surface area contributed by atoms with Gasteiger partial charge >= 0.3 is 23.5 Å². The van der Waals surface area contributed by atoms with E-state index in [1.165, 1.54) is 19.9 Å². The molecule has 2 saturated carbocycles. The molecule has 0 amide bonds. The minimum absolute atomic E-state index is 0.0215. The smallest absolute Gasteiger partial charge is 0.345 e. The number of rotatable bonds is 7. The van der Waals surface area contributed by atoms with Crippen LogP contribution in [0.5, 0.6) is 5.75 Å². The molecule has 1 N–H and O–H groups in total. The molecule has 0 aromatic carbocycles. The van der Waals surface area contributed by atoms with Crippen LogP contribution in [-0.4, -0.2) is 52.4 Å². The van der Waals surface area contributed by atoms with Gasteiger partial charge in [0, 0.05) is 55.3 Å². The second kappa shape index (κ2) is 12.1. The molecule has 2 aromatic heterocycles. The standard InChI is InChI=1S/C34H41NO10/c1-7-8-11-27(38)44-26-16-24-32(4,13-12-25(42-20(3)37)33(24,5)18-41-19(2)36)30-29(39)28-23(45-34(26,30)6)15-22(43-31(28)40)21-10-9-14-35-17-21/h8-11,14-15,17,24-26,29-30,39H,7,12-13,16,18H2,1-6H3/b11-8+/t24-,25+,26+,29+,30-,32+,33+,34-/m1/s1. The van der Waals surface area contributed by atoms with Crippen LogP contribution < -0.4 is 10.4 Å². The topological polar surface area (TPSA) is 151 Å². The number of carbonyl (C=O) groups excluding carboxylic acids is 3. The SMILES string of the molecule is CC/C=C/C(=O)O[C@H]1C[C@H]2[C@](C)(COC(C)=O)[C@@H](OC(C)=O)CC[C@]2(C)[C@H]2[C@@H](O)c3c(cc(-c4cccnc4)oc3=O)O[C@]12C. The summed E-state index contributed by atoms with van der Waals surface area (Å²) in [5.41, 5.74) is -3.19. The van der Waals surface area contributed by atoms with E-state index in [0.717, 1.165) is 0 Å². The number of aliphatic hydroxyl groups is 1.